The van der Waals surface area contributed by atoms with Gasteiger partial charge in [-0.05, 0) is 61.0 Å². The number of aryl methyl sites for hydroxylation is 2. The van der Waals surface area contributed by atoms with Crippen molar-refractivity contribution in [1.82, 2.24) is 10.3 Å². The Labute approximate surface area is 188 Å². The van der Waals surface area contributed by atoms with Crippen LogP contribution in [0, 0.1) is 24.0 Å². The molecule has 0 spiro atoms. The van der Waals surface area contributed by atoms with Crippen LogP contribution in [0.25, 0.3) is 6.08 Å². The third-order valence-corrected chi connectivity index (χ3v) is 5.47. The average Bonchev–Trinajstić information content (AvgIpc) is 3.10. The number of hydrogen-bond donors (Lipinski definition) is 1. The number of benzene rings is 2. The molecule has 4 rings (SSSR count). The number of hydrogen-bond acceptors (Lipinski definition) is 7. The van der Waals surface area contributed by atoms with Crippen LogP contribution in [0.4, 0.5) is 11.4 Å². The van der Waals surface area contributed by atoms with Crippen LogP contribution in [0.1, 0.15) is 16.7 Å². The minimum atomic E-state index is -0.520. The molecule has 9 heteroatoms. The topological polar surface area (TPSA) is 107 Å². The summed E-state index contributed by atoms with van der Waals surface area (Å²) in [5.41, 5.74) is 3.74. The summed E-state index contributed by atoms with van der Waals surface area (Å²) in [5.74, 6) is 0.572. The lowest BCUT2D eigenvalue weighted by Crippen LogP contribution is -2.19. The first kappa shape index (κ1) is 21.3. The second kappa shape index (κ2) is 9.03. The van der Waals surface area contributed by atoms with Crippen LogP contribution < -0.4 is 10.1 Å². The summed E-state index contributed by atoms with van der Waals surface area (Å²) in [7, 11) is 0. The summed E-state index contributed by atoms with van der Waals surface area (Å²) >= 11 is 1.29. The van der Waals surface area contributed by atoms with Crippen molar-refractivity contribution in [3.63, 3.8) is 0 Å². The van der Waals surface area contributed by atoms with Gasteiger partial charge in [0.05, 0.1) is 15.5 Å². The molecule has 0 bridgehead atoms. The van der Waals surface area contributed by atoms with Gasteiger partial charge in [-0.2, -0.15) is 0 Å². The van der Waals surface area contributed by atoms with Gasteiger partial charge in [0.25, 0.3) is 11.6 Å². The third kappa shape index (κ3) is 5.01. The van der Waals surface area contributed by atoms with Crippen LogP contribution in [0.5, 0.6) is 11.6 Å². The first-order valence-electron chi connectivity index (χ1n) is 9.62. The minimum absolute atomic E-state index is 0.105. The predicted molar refractivity (Wildman–Crippen MR) is 124 cm³/mol. The Balaban J connectivity index is 1.45. The maximum atomic E-state index is 12.3. The molecule has 2 aromatic carbocycles. The Morgan fingerprint density at radius 1 is 1.12 bits per heavy atom. The van der Waals surface area contributed by atoms with Gasteiger partial charge in [0.2, 0.25) is 5.88 Å². The Morgan fingerprint density at radius 2 is 1.91 bits per heavy atom. The van der Waals surface area contributed by atoms with Gasteiger partial charge in [0.1, 0.15) is 11.9 Å². The number of carbonyl (C=O) groups excluding carboxylic acids is 1. The van der Waals surface area contributed by atoms with Crippen molar-refractivity contribution in [3.05, 3.63) is 92.5 Å². The lowest BCUT2D eigenvalue weighted by atomic mass is 10.1. The number of amides is 1. The fourth-order valence-electron chi connectivity index (χ4n) is 2.97. The van der Waals surface area contributed by atoms with Crippen molar-refractivity contribution >= 4 is 40.3 Å². The van der Waals surface area contributed by atoms with E-state index in [1.165, 1.54) is 23.9 Å². The summed E-state index contributed by atoms with van der Waals surface area (Å²) in [6, 6.07) is 15.8. The lowest BCUT2D eigenvalue weighted by molar-refractivity contribution is -0.385. The van der Waals surface area contributed by atoms with Crippen LogP contribution in [0.2, 0.25) is 0 Å². The van der Waals surface area contributed by atoms with Crippen molar-refractivity contribution in [1.29, 1.82) is 0 Å². The largest absolute Gasteiger partial charge is 0.439 e. The van der Waals surface area contributed by atoms with Crippen molar-refractivity contribution in [2.75, 3.05) is 0 Å². The number of ether oxygens (including phenoxy) is 1. The van der Waals surface area contributed by atoms with E-state index < -0.39 is 4.92 Å². The number of thioether (sulfide) groups is 1. The smallest absolute Gasteiger partial charge is 0.287 e. The number of nitrogens with one attached hydrogen (secondary N) is 1. The normalized spacial score (nSPS) is 15.8. The fraction of sp³-hybridized carbons (Fsp3) is 0.0870. The monoisotopic (exact) mass is 446 g/mol. The molecular formula is C23H18N4O4S. The maximum absolute atomic E-state index is 12.3. The molecule has 2 heterocycles. The Morgan fingerprint density at radius 3 is 2.56 bits per heavy atom. The molecule has 160 valence electrons. The van der Waals surface area contributed by atoms with Gasteiger partial charge in [-0.25, -0.2) is 9.98 Å². The number of aromatic nitrogens is 1. The first-order valence-corrected chi connectivity index (χ1v) is 10.4. The molecule has 1 saturated heterocycles. The molecule has 1 aromatic heterocycles. The highest BCUT2D eigenvalue weighted by Gasteiger charge is 2.24. The number of rotatable bonds is 5. The average molecular weight is 446 g/mol. The van der Waals surface area contributed by atoms with E-state index in [4.69, 9.17) is 4.74 Å². The molecule has 0 radical (unpaired) electrons. The van der Waals surface area contributed by atoms with Gasteiger partial charge in [-0.3, -0.25) is 14.9 Å². The predicted octanol–water partition coefficient (Wildman–Crippen LogP) is 5.29. The van der Waals surface area contributed by atoms with Gasteiger partial charge in [0.15, 0.2) is 5.17 Å². The highest BCUT2D eigenvalue weighted by atomic mass is 32.2. The molecule has 8 nitrogen and oxygen atoms in total. The molecule has 0 saturated carbocycles. The lowest BCUT2D eigenvalue weighted by Gasteiger charge is -2.04. The number of nitro groups is 1. The van der Waals surface area contributed by atoms with Gasteiger partial charge < -0.3 is 10.1 Å². The second-order valence-electron chi connectivity index (χ2n) is 7.05. The van der Waals surface area contributed by atoms with Crippen molar-refractivity contribution in [2.24, 2.45) is 4.99 Å². The molecule has 1 amide bonds. The van der Waals surface area contributed by atoms with E-state index in [2.05, 4.69) is 15.3 Å². The third-order valence-electron chi connectivity index (χ3n) is 4.56. The fourth-order valence-corrected chi connectivity index (χ4v) is 3.80. The summed E-state index contributed by atoms with van der Waals surface area (Å²) in [4.78, 5) is 31.5. The van der Waals surface area contributed by atoms with Gasteiger partial charge in [-0.15, -0.1) is 0 Å². The van der Waals surface area contributed by atoms with E-state index in [-0.39, 0.29) is 17.5 Å². The van der Waals surface area contributed by atoms with Crippen molar-refractivity contribution in [3.8, 4) is 11.6 Å². The molecule has 0 unspecified atom stereocenters. The van der Waals surface area contributed by atoms with Crippen LogP contribution in [-0.4, -0.2) is 21.0 Å². The Hall–Kier alpha value is -3.98. The first-order chi connectivity index (χ1) is 15.4. The maximum Gasteiger partial charge on any atom is 0.287 e. The zero-order valence-electron chi connectivity index (χ0n) is 17.2. The van der Waals surface area contributed by atoms with Crippen LogP contribution in [0.15, 0.2) is 70.7 Å². The molecule has 1 N–H and O–H groups in total. The number of nitrogens with zero attached hydrogens (tertiary/aromatic N) is 3. The molecule has 1 aliphatic rings. The SMILES string of the molecule is Cc1ccc(N=C2NC(=O)/C(=C/c3ccc(Oc4ccc([N+](=O)[O-])cn4)cc3)S2)c(C)c1. The minimum Gasteiger partial charge on any atom is -0.439 e. The highest BCUT2D eigenvalue weighted by Crippen LogP contribution is 2.30. The van der Waals surface area contributed by atoms with Crippen LogP contribution >= 0.6 is 11.8 Å². The number of pyridine rings is 1. The number of amidine groups is 1. The molecule has 1 fully saturated rings. The van der Waals surface area contributed by atoms with Gasteiger partial charge >= 0.3 is 0 Å². The second-order valence-corrected chi connectivity index (χ2v) is 8.09. The molecule has 0 aliphatic carbocycles. The van der Waals surface area contributed by atoms with Crippen LogP contribution in [-0.2, 0) is 4.79 Å². The van der Waals surface area contributed by atoms with E-state index >= 15 is 0 Å². The zero-order chi connectivity index (χ0) is 22.7. The van der Waals surface area contributed by atoms with E-state index in [0.29, 0.717) is 15.8 Å². The van der Waals surface area contributed by atoms with Gasteiger partial charge in [-0.1, -0.05) is 29.8 Å². The quantitative estimate of drug-likeness (QED) is 0.324. The summed E-state index contributed by atoms with van der Waals surface area (Å²) in [5, 5.41) is 14.0. The van der Waals surface area contributed by atoms with E-state index in [0.717, 1.165) is 28.6 Å². The number of carbonyl (C=O) groups is 1. The summed E-state index contributed by atoms with van der Waals surface area (Å²) in [6.07, 6.45) is 2.92. The summed E-state index contributed by atoms with van der Waals surface area (Å²) < 4.78 is 5.60. The van der Waals surface area contributed by atoms with E-state index in [1.807, 2.05) is 32.0 Å². The number of aliphatic imine (C=N–C) groups is 1. The Kier molecular flexibility index (Phi) is 6.00. The Bertz CT molecular complexity index is 1250. The highest BCUT2D eigenvalue weighted by molar-refractivity contribution is 8.18. The molecule has 32 heavy (non-hydrogen) atoms. The molecule has 3 aromatic rings. The van der Waals surface area contributed by atoms with Crippen molar-refractivity contribution < 1.29 is 14.5 Å². The van der Waals surface area contributed by atoms with Crippen LogP contribution in [0.3, 0.4) is 0 Å². The van der Waals surface area contributed by atoms with E-state index in [1.54, 1.807) is 30.3 Å². The molecular weight excluding hydrogens is 428 g/mol. The zero-order valence-corrected chi connectivity index (χ0v) is 18.1. The molecule has 1 aliphatic heterocycles. The van der Waals surface area contributed by atoms with E-state index in [9.17, 15) is 14.9 Å². The van der Waals surface area contributed by atoms with Gasteiger partial charge in [0, 0.05) is 12.1 Å². The summed E-state index contributed by atoms with van der Waals surface area (Å²) in [6.45, 7) is 4.01. The van der Waals surface area contributed by atoms with Crippen molar-refractivity contribution in [2.45, 2.75) is 13.8 Å². The molecule has 0 atom stereocenters. The standard InChI is InChI=1S/C23H18N4O4S/c1-14-3-9-19(15(2)11-14)25-23-26-22(28)20(32-23)12-16-4-7-18(8-5-16)31-21-10-6-17(13-24-21)27(29)30/h3-13H,1-2H3,(H,25,26,28)/b20-12-.